The molecule has 1 aromatic carbocycles. The first-order valence-corrected chi connectivity index (χ1v) is 5.65. The Morgan fingerprint density at radius 1 is 1.45 bits per heavy atom. The average Bonchev–Trinajstić information content (AvgIpc) is 2.73. The Bertz CT molecular complexity index is 628. The molecule has 6 nitrogen and oxygen atoms in total. The van der Waals surface area contributed by atoms with E-state index < -0.39 is 12.6 Å². The van der Waals surface area contributed by atoms with Gasteiger partial charge in [0.15, 0.2) is 5.69 Å². The highest BCUT2D eigenvalue weighted by Crippen LogP contribution is 2.21. The highest BCUT2D eigenvalue weighted by molar-refractivity contribution is 5.86. The Balaban J connectivity index is 2.28. The van der Waals surface area contributed by atoms with Crippen LogP contribution in [0.2, 0.25) is 0 Å². The lowest BCUT2D eigenvalue weighted by Crippen LogP contribution is -2.09. The van der Waals surface area contributed by atoms with Crippen LogP contribution in [-0.4, -0.2) is 32.7 Å². The topological polar surface area (TPSA) is 77.2 Å². The summed E-state index contributed by atoms with van der Waals surface area (Å²) < 4.78 is 30.3. The first-order valence-electron chi connectivity index (χ1n) is 5.65. The van der Waals surface area contributed by atoms with Gasteiger partial charge in [-0.3, -0.25) is 0 Å². The molecule has 0 saturated carbocycles. The number of carboxylic acid groups (broad SMARTS) is 1. The van der Waals surface area contributed by atoms with Crippen molar-refractivity contribution in [1.29, 1.82) is 0 Å². The second-order valence-corrected chi connectivity index (χ2v) is 3.97. The van der Waals surface area contributed by atoms with Crippen molar-refractivity contribution in [2.45, 2.75) is 20.1 Å². The molecule has 1 N–H and O–H groups in total. The van der Waals surface area contributed by atoms with Crippen molar-refractivity contribution in [3.63, 3.8) is 0 Å². The van der Waals surface area contributed by atoms with Gasteiger partial charge in [-0.2, -0.15) is 8.78 Å². The SMILES string of the molecule is Cc1c(C(=O)O)nnn1Cc1ccccc1OC(F)F. The summed E-state index contributed by atoms with van der Waals surface area (Å²) in [5, 5.41) is 16.1. The molecule has 0 bridgehead atoms. The molecule has 0 aliphatic heterocycles. The molecule has 20 heavy (non-hydrogen) atoms. The van der Waals surface area contributed by atoms with Gasteiger partial charge in [0.25, 0.3) is 0 Å². The van der Waals surface area contributed by atoms with E-state index in [1.807, 2.05) is 0 Å². The van der Waals surface area contributed by atoms with Crippen LogP contribution in [0.3, 0.4) is 0 Å². The van der Waals surface area contributed by atoms with Crippen molar-refractivity contribution in [1.82, 2.24) is 15.0 Å². The number of para-hydroxylation sites is 1. The number of aromatic nitrogens is 3. The van der Waals surface area contributed by atoms with E-state index in [1.165, 1.54) is 10.7 Å². The number of hydrogen-bond donors (Lipinski definition) is 1. The maximum Gasteiger partial charge on any atom is 0.387 e. The Labute approximate surface area is 112 Å². The molecular weight excluding hydrogens is 272 g/mol. The quantitative estimate of drug-likeness (QED) is 0.907. The lowest BCUT2D eigenvalue weighted by Gasteiger charge is -2.10. The first kappa shape index (κ1) is 13.9. The number of nitrogens with zero attached hydrogens (tertiary/aromatic N) is 3. The predicted octanol–water partition coefficient (Wildman–Crippen LogP) is 1.93. The Hall–Kier alpha value is -2.51. The number of aromatic carboxylic acids is 1. The van der Waals surface area contributed by atoms with E-state index in [0.717, 1.165) is 0 Å². The fraction of sp³-hybridized carbons (Fsp3) is 0.250. The summed E-state index contributed by atoms with van der Waals surface area (Å²) in [4.78, 5) is 10.9. The average molecular weight is 283 g/mol. The standard InChI is InChI=1S/C12H11F2N3O3/c1-7-10(11(18)19)15-16-17(7)6-8-4-2-3-5-9(8)20-12(13)14/h2-5,12H,6H2,1H3,(H,18,19). The molecule has 2 aromatic rings. The number of alkyl halides is 2. The van der Waals surface area contributed by atoms with E-state index in [2.05, 4.69) is 15.0 Å². The van der Waals surface area contributed by atoms with E-state index in [-0.39, 0.29) is 18.0 Å². The number of halogens is 2. The maximum absolute atomic E-state index is 12.3. The number of ether oxygens (including phenoxy) is 1. The zero-order chi connectivity index (χ0) is 14.7. The van der Waals surface area contributed by atoms with Crippen molar-refractivity contribution in [2.75, 3.05) is 0 Å². The summed E-state index contributed by atoms with van der Waals surface area (Å²) in [7, 11) is 0. The fourth-order valence-corrected chi connectivity index (χ4v) is 1.71. The molecule has 0 radical (unpaired) electrons. The van der Waals surface area contributed by atoms with E-state index >= 15 is 0 Å². The predicted molar refractivity (Wildman–Crippen MR) is 63.9 cm³/mol. The molecule has 0 aliphatic rings. The molecule has 8 heteroatoms. The van der Waals surface area contributed by atoms with Crippen LogP contribution in [0.5, 0.6) is 5.75 Å². The molecule has 0 amide bonds. The molecule has 0 unspecified atom stereocenters. The number of hydrogen-bond acceptors (Lipinski definition) is 4. The number of carboxylic acids is 1. The number of rotatable bonds is 5. The van der Waals surface area contributed by atoms with Crippen LogP contribution in [0, 0.1) is 6.92 Å². The zero-order valence-corrected chi connectivity index (χ0v) is 10.5. The molecule has 0 fully saturated rings. The van der Waals surface area contributed by atoms with Crippen LogP contribution in [0.1, 0.15) is 21.7 Å². The van der Waals surface area contributed by atoms with Gasteiger partial charge in [-0.1, -0.05) is 23.4 Å². The van der Waals surface area contributed by atoms with Gasteiger partial charge in [0.2, 0.25) is 0 Å². The second kappa shape index (κ2) is 5.64. The van der Waals surface area contributed by atoms with Crippen LogP contribution in [0.15, 0.2) is 24.3 Å². The highest BCUT2D eigenvalue weighted by atomic mass is 19.3. The second-order valence-electron chi connectivity index (χ2n) is 3.97. The van der Waals surface area contributed by atoms with Gasteiger partial charge in [-0.15, -0.1) is 5.10 Å². The zero-order valence-electron chi connectivity index (χ0n) is 10.5. The fourth-order valence-electron chi connectivity index (χ4n) is 1.71. The van der Waals surface area contributed by atoms with Crippen LogP contribution < -0.4 is 4.74 Å². The number of benzene rings is 1. The molecule has 0 aliphatic carbocycles. The van der Waals surface area contributed by atoms with Crippen molar-refractivity contribution < 1.29 is 23.4 Å². The summed E-state index contributed by atoms with van der Waals surface area (Å²) in [6, 6.07) is 6.24. The molecule has 1 aromatic heterocycles. The molecule has 0 atom stereocenters. The normalized spacial score (nSPS) is 10.8. The monoisotopic (exact) mass is 283 g/mol. The molecule has 0 saturated heterocycles. The minimum atomic E-state index is -2.93. The van der Waals surface area contributed by atoms with Gasteiger partial charge < -0.3 is 9.84 Å². The van der Waals surface area contributed by atoms with E-state index in [1.54, 1.807) is 25.1 Å². The first-order chi connectivity index (χ1) is 9.49. The smallest absolute Gasteiger partial charge is 0.387 e. The lowest BCUT2D eigenvalue weighted by atomic mass is 10.2. The maximum atomic E-state index is 12.3. The van der Waals surface area contributed by atoms with Gasteiger partial charge in [0.1, 0.15) is 5.75 Å². The minimum absolute atomic E-state index is 0.0225. The third-order valence-corrected chi connectivity index (χ3v) is 2.69. The van der Waals surface area contributed by atoms with Crippen molar-refractivity contribution in [3.05, 3.63) is 41.2 Å². The molecule has 2 rings (SSSR count). The Kier molecular flexibility index (Phi) is 3.92. The van der Waals surface area contributed by atoms with E-state index in [9.17, 15) is 13.6 Å². The third-order valence-electron chi connectivity index (χ3n) is 2.69. The lowest BCUT2D eigenvalue weighted by molar-refractivity contribution is -0.0505. The van der Waals surface area contributed by atoms with Crippen LogP contribution in [0.25, 0.3) is 0 Å². The summed E-state index contributed by atoms with van der Waals surface area (Å²) in [5.74, 6) is -1.17. The minimum Gasteiger partial charge on any atom is -0.476 e. The Morgan fingerprint density at radius 3 is 2.75 bits per heavy atom. The molecular formula is C12H11F2N3O3. The van der Waals surface area contributed by atoms with E-state index in [4.69, 9.17) is 5.11 Å². The summed E-state index contributed by atoms with van der Waals surface area (Å²) in [5.41, 5.74) is 0.624. The third kappa shape index (κ3) is 2.90. The Morgan fingerprint density at radius 2 is 2.15 bits per heavy atom. The van der Waals surface area contributed by atoms with Crippen molar-refractivity contribution in [2.24, 2.45) is 0 Å². The van der Waals surface area contributed by atoms with E-state index in [0.29, 0.717) is 11.3 Å². The van der Waals surface area contributed by atoms with Crippen molar-refractivity contribution in [3.8, 4) is 5.75 Å². The van der Waals surface area contributed by atoms with Gasteiger partial charge in [0, 0.05) is 5.56 Å². The molecule has 106 valence electrons. The van der Waals surface area contributed by atoms with Crippen LogP contribution in [-0.2, 0) is 6.54 Å². The summed E-state index contributed by atoms with van der Waals surface area (Å²) in [6.07, 6.45) is 0. The number of carbonyl (C=O) groups is 1. The highest BCUT2D eigenvalue weighted by Gasteiger charge is 2.16. The summed E-state index contributed by atoms with van der Waals surface area (Å²) in [6.45, 7) is -1.29. The van der Waals surface area contributed by atoms with Gasteiger partial charge >= 0.3 is 12.6 Å². The molecule has 1 heterocycles. The molecule has 0 spiro atoms. The van der Waals surface area contributed by atoms with Crippen LogP contribution in [0.4, 0.5) is 8.78 Å². The van der Waals surface area contributed by atoms with Crippen molar-refractivity contribution >= 4 is 5.97 Å². The van der Waals surface area contributed by atoms with Crippen LogP contribution >= 0.6 is 0 Å². The van der Waals surface area contributed by atoms with Gasteiger partial charge in [-0.05, 0) is 13.0 Å². The van der Waals surface area contributed by atoms with Gasteiger partial charge in [0.05, 0.1) is 12.2 Å². The summed E-state index contributed by atoms with van der Waals surface area (Å²) >= 11 is 0. The largest absolute Gasteiger partial charge is 0.476 e. The van der Waals surface area contributed by atoms with Gasteiger partial charge in [-0.25, -0.2) is 9.48 Å².